The van der Waals surface area contributed by atoms with Crippen LogP contribution in [0.3, 0.4) is 0 Å². The Balaban J connectivity index is 2.01. The van der Waals surface area contributed by atoms with Crippen molar-refractivity contribution in [1.82, 2.24) is 9.55 Å². The first kappa shape index (κ1) is 33.8. The van der Waals surface area contributed by atoms with E-state index in [0.29, 0.717) is 25.0 Å². The molecule has 0 spiro atoms. The summed E-state index contributed by atoms with van der Waals surface area (Å²) in [5, 5.41) is -0.757. The lowest BCUT2D eigenvalue weighted by Crippen LogP contribution is -2.53. The molecule has 2 N–H and O–H groups in total. The molecule has 234 valence electrons. The van der Waals surface area contributed by atoms with Crippen LogP contribution in [0.1, 0.15) is 67.7 Å². The van der Waals surface area contributed by atoms with Crippen LogP contribution in [-0.2, 0) is 39.9 Å². The number of carbonyl (C=O) groups is 4. The second-order valence-electron chi connectivity index (χ2n) is 12.3. The molecule has 0 amide bonds. The van der Waals surface area contributed by atoms with Crippen LogP contribution >= 0.6 is 11.8 Å². The molecule has 2 aliphatic rings. The monoisotopic (exact) mass is 607 g/mol. The molecule has 3 rings (SSSR count). The summed E-state index contributed by atoms with van der Waals surface area (Å²) in [7, 11) is 1.56. The van der Waals surface area contributed by atoms with Gasteiger partial charge in [0.1, 0.15) is 34.7 Å². The van der Waals surface area contributed by atoms with Crippen LogP contribution in [0.15, 0.2) is 17.1 Å². The van der Waals surface area contributed by atoms with Crippen molar-refractivity contribution in [2.45, 2.75) is 96.8 Å². The van der Waals surface area contributed by atoms with E-state index in [2.05, 4.69) is 4.98 Å². The molecular formula is C30H45N3O8S. The zero-order chi connectivity index (χ0) is 31.6. The average molecular weight is 608 g/mol. The Morgan fingerprint density at radius 1 is 1.05 bits per heavy atom. The fourth-order valence-corrected chi connectivity index (χ4v) is 8.11. The first-order chi connectivity index (χ1) is 19.6. The molecule has 0 aliphatic carbocycles. The van der Waals surface area contributed by atoms with Crippen molar-refractivity contribution in [3.63, 3.8) is 0 Å². The second kappa shape index (κ2) is 13.3. The highest BCUT2D eigenvalue weighted by atomic mass is 32.2. The first-order valence-electron chi connectivity index (χ1n) is 14.6. The molecule has 42 heavy (non-hydrogen) atoms. The molecule has 0 saturated carbocycles. The molecule has 0 aromatic carbocycles. The number of thioether (sulfide) groups is 1. The predicted octanol–water partition coefficient (Wildman–Crippen LogP) is 3.06. The van der Waals surface area contributed by atoms with Gasteiger partial charge in [-0.1, -0.05) is 27.7 Å². The Morgan fingerprint density at radius 3 is 2.24 bits per heavy atom. The summed E-state index contributed by atoms with van der Waals surface area (Å²) in [5.41, 5.74) is 2.98. The number of ketones is 2. The number of nitrogens with two attached hydrogens (primary N) is 1. The number of aromatic nitrogens is 2. The second-order valence-corrected chi connectivity index (χ2v) is 13.5. The van der Waals surface area contributed by atoms with Crippen molar-refractivity contribution in [2.24, 2.45) is 29.6 Å². The maximum Gasteiger partial charge on any atom is 0.349 e. The largest absolute Gasteiger partial charge is 0.458 e. The van der Waals surface area contributed by atoms with E-state index in [1.165, 1.54) is 29.3 Å². The van der Waals surface area contributed by atoms with Crippen LogP contribution in [0.5, 0.6) is 0 Å². The van der Waals surface area contributed by atoms with E-state index in [9.17, 15) is 24.0 Å². The van der Waals surface area contributed by atoms with Crippen molar-refractivity contribution in [3.05, 3.63) is 22.7 Å². The fraction of sp³-hybridized carbons (Fsp3) is 0.733. The maximum atomic E-state index is 14.0. The molecule has 1 aromatic rings. The molecule has 2 saturated heterocycles. The molecule has 1 aromatic heterocycles. The van der Waals surface area contributed by atoms with Gasteiger partial charge in [-0.3, -0.25) is 23.7 Å². The molecule has 0 bridgehead atoms. The summed E-state index contributed by atoms with van der Waals surface area (Å²) >= 11 is 1.29. The molecular weight excluding hydrogens is 562 g/mol. The van der Waals surface area contributed by atoms with Crippen LogP contribution in [-0.4, -0.2) is 68.5 Å². The number of aryl methyl sites for hydroxylation is 1. The van der Waals surface area contributed by atoms with E-state index in [0.717, 1.165) is 0 Å². The van der Waals surface area contributed by atoms with Gasteiger partial charge in [-0.25, -0.2) is 4.79 Å². The van der Waals surface area contributed by atoms with Crippen LogP contribution < -0.4 is 11.4 Å². The van der Waals surface area contributed by atoms with Crippen LogP contribution in [0.25, 0.3) is 0 Å². The quantitative estimate of drug-likeness (QED) is 0.374. The highest BCUT2D eigenvalue weighted by molar-refractivity contribution is 8.00. The van der Waals surface area contributed by atoms with Gasteiger partial charge in [-0.2, -0.15) is 4.98 Å². The lowest BCUT2D eigenvalue weighted by Gasteiger charge is -2.41. The van der Waals surface area contributed by atoms with Crippen LogP contribution in [0.4, 0.5) is 5.82 Å². The summed E-state index contributed by atoms with van der Waals surface area (Å²) in [4.78, 5) is 70.0. The van der Waals surface area contributed by atoms with Gasteiger partial charge in [0.05, 0.1) is 5.60 Å². The van der Waals surface area contributed by atoms with E-state index in [1.54, 1.807) is 34.1 Å². The molecule has 2 fully saturated rings. The molecule has 11 nitrogen and oxygen atoms in total. The number of Topliss-reactive ketones (excluding diaryl/α,β-unsaturated/α-hetero) is 2. The van der Waals surface area contributed by atoms with Gasteiger partial charge in [0.15, 0.2) is 5.60 Å². The first-order valence-corrected chi connectivity index (χ1v) is 15.6. The summed E-state index contributed by atoms with van der Waals surface area (Å²) in [6.07, 6.45) is 1.68. The van der Waals surface area contributed by atoms with Gasteiger partial charge < -0.3 is 19.9 Å². The maximum absolute atomic E-state index is 14.0. The zero-order valence-electron chi connectivity index (χ0n) is 25.9. The third kappa shape index (κ3) is 6.90. The van der Waals surface area contributed by atoms with Crippen molar-refractivity contribution >= 4 is 41.1 Å². The van der Waals surface area contributed by atoms with E-state index < -0.39 is 69.8 Å². The van der Waals surface area contributed by atoms with Gasteiger partial charge in [0.25, 0.3) is 0 Å². The number of cyclic esters (lactones) is 1. The molecule has 3 heterocycles. The molecule has 2 aliphatic heterocycles. The van der Waals surface area contributed by atoms with Gasteiger partial charge in [0.2, 0.25) is 0 Å². The normalized spacial score (nSPS) is 36.6. The summed E-state index contributed by atoms with van der Waals surface area (Å²) in [6, 6.07) is 1.52. The fourth-order valence-electron chi connectivity index (χ4n) is 6.65. The Labute approximate surface area is 251 Å². The van der Waals surface area contributed by atoms with Crippen molar-refractivity contribution in [3.8, 4) is 0 Å². The van der Waals surface area contributed by atoms with Crippen molar-refractivity contribution < 1.29 is 33.4 Å². The highest BCUT2D eigenvalue weighted by Gasteiger charge is 2.61. The number of nitrogen functional groups attached to an aromatic ring is 1. The Hall–Kier alpha value is -2.73. The lowest BCUT2D eigenvalue weighted by molar-refractivity contribution is -0.183. The molecule has 0 radical (unpaired) electrons. The number of ether oxygens (including phenoxy) is 3. The van der Waals surface area contributed by atoms with Gasteiger partial charge in [-0.15, -0.1) is 11.8 Å². The number of rotatable bonds is 6. The minimum atomic E-state index is -1.32. The highest BCUT2D eigenvalue weighted by Crippen LogP contribution is 2.48. The number of esters is 2. The smallest absolute Gasteiger partial charge is 0.349 e. The molecule has 9 atom stereocenters. The standard InChI is InChI=1S/C30H45N3O8S/c1-9-20-30(7)22(25(27(37)41-30)42-13-12-33-11-10-21(31)32-28(33)38)18(4)23(34)16(2)14-29(6,39-8)15-17(3)24(35)19(5)26(36)40-20/h10-11,16-20,22,25H,9,12-15H2,1-8H3,(H2,31,32,38). The van der Waals surface area contributed by atoms with Crippen LogP contribution in [0.2, 0.25) is 0 Å². The summed E-state index contributed by atoms with van der Waals surface area (Å²) < 4.78 is 19.2. The number of nitrogens with zero attached hydrogens (tertiary/aromatic N) is 2. The van der Waals surface area contributed by atoms with E-state index in [1.807, 2.05) is 20.8 Å². The van der Waals surface area contributed by atoms with E-state index in [-0.39, 0.29) is 23.9 Å². The van der Waals surface area contributed by atoms with E-state index >= 15 is 0 Å². The Kier molecular flexibility index (Phi) is 10.7. The van der Waals surface area contributed by atoms with Gasteiger partial charge in [-0.05, 0) is 46.1 Å². The van der Waals surface area contributed by atoms with Crippen LogP contribution in [0, 0.1) is 29.6 Å². The Bertz CT molecular complexity index is 1250. The average Bonchev–Trinajstić information content (AvgIpc) is 3.19. The topological polar surface area (TPSA) is 157 Å². The minimum Gasteiger partial charge on any atom is -0.458 e. The SMILES string of the molecule is CCC1OC(=O)C(C)C(=O)C(C)CC(C)(OC)CC(C)C(=O)C(C)C2C(SCCn3ccc(N)nc3=O)C(=O)OC12C. The molecule has 12 heteroatoms. The number of hydrogen-bond acceptors (Lipinski definition) is 11. The summed E-state index contributed by atoms with van der Waals surface area (Å²) in [6.45, 7) is 12.6. The van der Waals surface area contributed by atoms with Crippen molar-refractivity contribution in [2.75, 3.05) is 18.6 Å². The van der Waals surface area contributed by atoms with E-state index in [4.69, 9.17) is 19.9 Å². The summed E-state index contributed by atoms with van der Waals surface area (Å²) in [5.74, 6) is -4.31. The molecule has 9 unspecified atom stereocenters. The Morgan fingerprint density at radius 2 is 1.67 bits per heavy atom. The van der Waals surface area contributed by atoms with Gasteiger partial charge in [0, 0.05) is 49.3 Å². The lowest BCUT2D eigenvalue weighted by atomic mass is 9.70. The number of carbonyl (C=O) groups excluding carboxylic acids is 4. The number of methoxy groups -OCH3 is 1. The zero-order valence-corrected chi connectivity index (χ0v) is 26.7. The minimum absolute atomic E-state index is 0.0667. The third-order valence-electron chi connectivity index (χ3n) is 9.04. The third-order valence-corrected chi connectivity index (χ3v) is 10.3. The number of fused-ring (bicyclic) bond motifs is 1. The van der Waals surface area contributed by atoms with Crippen molar-refractivity contribution in [1.29, 1.82) is 0 Å². The predicted molar refractivity (Wildman–Crippen MR) is 159 cm³/mol. The van der Waals surface area contributed by atoms with Gasteiger partial charge >= 0.3 is 17.6 Å². The number of hydrogen-bond donors (Lipinski definition) is 1. The number of anilines is 1.